The summed E-state index contributed by atoms with van der Waals surface area (Å²) >= 11 is 15.1. The first-order valence-corrected chi connectivity index (χ1v) is 10.3. The lowest BCUT2D eigenvalue weighted by Gasteiger charge is -2.08. The van der Waals surface area contributed by atoms with E-state index in [9.17, 15) is 4.79 Å². The molecule has 0 saturated carbocycles. The summed E-state index contributed by atoms with van der Waals surface area (Å²) in [4.78, 5) is 13.2. The first kappa shape index (κ1) is 18.4. The van der Waals surface area contributed by atoms with E-state index in [0.29, 0.717) is 33.0 Å². The van der Waals surface area contributed by atoms with Crippen molar-refractivity contribution in [2.75, 3.05) is 17.3 Å². The van der Waals surface area contributed by atoms with Crippen LogP contribution in [-0.2, 0) is 4.79 Å². The molecule has 2 aromatic heterocycles. The molecular weight excluding hydrogens is 399 g/mol. The minimum Gasteiger partial charge on any atom is -0.325 e. The number of para-hydroxylation sites is 1. The van der Waals surface area contributed by atoms with Gasteiger partial charge in [-0.2, -0.15) is 0 Å². The lowest BCUT2D eigenvalue weighted by molar-refractivity contribution is -0.115. The molecule has 0 radical (unpaired) electrons. The maximum atomic E-state index is 12.2. The number of anilines is 1. The number of rotatable bonds is 6. The Bertz CT molecular complexity index is 916. The van der Waals surface area contributed by atoms with Crippen LogP contribution in [0.15, 0.2) is 46.6 Å². The molecule has 3 rings (SSSR count). The van der Waals surface area contributed by atoms with Crippen molar-refractivity contribution in [1.29, 1.82) is 0 Å². The Morgan fingerprint density at radius 2 is 2.08 bits per heavy atom. The third kappa shape index (κ3) is 4.41. The van der Waals surface area contributed by atoms with Crippen LogP contribution in [0.25, 0.3) is 5.65 Å². The highest BCUT2D eigenvalue weighted by atomic mass is 35.5. The van der Waals surface area contributed by atoms with Gasteiger partial charge in [-0.1, -0.05) is 47.1 Å². The SMILES string of the molecule is CSc1ccccc1NC(=O)CCSc1nnc2c(Cl)cc(Cl)cn12. The van der Waals surface area contributed by atoms with Crippen LogP contribution in [-0.4, -0.2) is 32.5 Å². The van der Waals surface area contributed by atoms with E-state index >= 15 is 0 Å². The van der Waals surface area contributed by atoms with Gasteiger partial charge < -0.3 is 5.32 Å². The summed E-state index contributed by atoms with van der Waals surface area (Å²) in [5.74, 6) is 0.525. The quantitative estimate of drug-likeness (QED) is 0.584. The molecule has 0 unspecified atom stereocenters. The first-order valence-electron chi connectivity index (χ1n) is 7.34. The predicted molar refractivity (Wildman–Crippen MR) is 105 cm³/mol. The first-order chi connectivity index (χ1) is 12.1. The smallest absolute Gasteiger partial charge is 0.225 e. The number of hydrogen-bond donors (Lipinski definition) is 1. The number of aromatic nitrogens is 3. The lowest BCUT2D eigenvalue weighted by atomic mass is 10.3. The number of carbonyl (C=O) groups excluding carboxylic acids is 1. The third-order valence-electron chi connectivity index (χ3n) is 3.34. The minimum absolute atomic E-state index is 0.0427. The molecule has 2 heterocycles. The molecule has 0 aliphatic rings. The Labute approximate surface area is 163 Å². The predicted octanol–water partition coefficient (Wildman–Crippen LogP) is 4.88. The lowest BCUT2D eigenvalue weighted by Crippen LogP contribution is -2.12. The molecule has 3 aromatic rings. The van der Waals surface area contributed by atoms with Crippen LogP contribution in [0.1, 0.15) is 6.42 Å². The van der Waals surface area contributed by atoms with E-state index in [2.05, 4.69) is 15.5 Å². The van der Waals surface area contributed by atoms with Gasteiger partial charge in [-0.05, 0) is 24.5 Å². The van der Waals surface area contributed by atoms with E-state index in [0.717, 1.165) is 10.6 Å². The standard InChI is InChI=1S/C16H14Cl2N4OS2/c1-24-13-5-3-2-4-12(13)19-14(23)6-7-25-16-21-20-15-11(18)8-10(17)9-22(15)16/h2-5,8-9H,6-7H2,1H3,(H,19,23). The second-order valence-corrected chi connectivity index (χ2v) is 7.78. The van der Waals surface area contributed by atoms with Crippen molar-refractivity contribution in [2.24, 2.45) is 0 Å². The Morgan fingerprint density at radius 1 is 1.28 bits per heavy atom. The van der Waals surface area contributed by atoms with Crippen LogP contribution in [0, 0.1) is 0 Å². The molecule has 1 amide bonds. The monoisotopic (exact) mass is 412 g/mol. The summed E-state index contributed by atoms with van der Waals surface area (Å²) in [5.41, 5.74) is 1.38. The van der Waals surface area contributed by atoms with Crippen molar-refractivity contribution >= 4 is 64.0 Å². The number of pyridine rings is 1. The van der Waals surface area contributed by atoms with E-state index in [1.165, 1.54) is 11.8 Å². The maximum absolute atomic E-state index is 12.2. The van der Waals surface area contributed by atoms with Gasteiger partial charge in [-0.25, -0.2) is 0 Å². The van der Waals surface area contributed by atoms with Crippen molar-refractivity contribution in [1.82, 2.24) is 14.6 Å². The molecule has 0 fully saturated rings. The molecule has 5 nitrogen and oxygen atoms in total. The van der Waals surface area contributed by atoms with Crippen molar-refractivity contribution in [3.63, 3.8) is 0 Å². The van der Waals surface area contributed by atoms with Gasteiger partial charge in [0.2, 0.25) is 5.91 Å². The van der Waals surface area contributed by atoms with E-state index in [4.69, 9.17) is 23.2 Å². The number of nitrogens with zero attached hydrogens (tertiary/aromatic N) is 3. The van der Waals surface area contributed by atoms with E-state index in [1.54, 1.807) is 28.4 Å². The van der Waals surface area contributed by atoms with Gasteiger partial charge in [0, 0.05) is 23.3 Å². The van der Waals surface area contributed by atoms with E-state index in [-0.39, 0.29) is 5.91 Å². The number of benzene rings is 1. The zero-order valence-corrected chi connectivity index (χ0v) is 16.3. The highest BCUT2D eigenvalue weighted by Crippen LogP contribution is 2.27. The van der Waals surface area contributed by atoms with E-state index < -0.39 is 0 Å². The highest BCUT2D eigenvalue weighted by molar-refractivity contribution is 7.99. The number of fused-ring (bicyclic) bond motifs is 1. The van der Waals surface area contributed by atoms with Crippen molar-refractivity contribution in [2.45, 2.75) is 16.5 Å². The second-order valence-electron chi connectivity index (χ2n) is 5.03. The summed E-state index contributed by atoms with van der Waals surface area (Å²) in [7, 11) is 0. The molecule has 0 spiro atoms. The molecule has 0 aliphatic carbocycles. The summed E-state index contributed by atoms with van der Waals surface area (Å²) in [6.07, 6.45) is 4.05. The number of hydrogen-bond acceptors (Lipinski definition) is 5. The number of nitrogens with one attached hydrogen (secondary N) is 1. The average molecular weight is 413 g/mol. The van der Waals surface area contributed by atoms with Gasteiger partial charge >= 0.3 is 0 Å². The normalized spacial score (nSPS) is 11.0. The number of amides is 1. The second kappa shape index (κ2) is 8.31. The molecule has 0 bridgehead atoms. The van der Waals surface area contributed by atoms with Crippen LogP contribution in [0.3, 0.4) is 0 Å². The maximum Gasteiger partial charge on any atom is 0.225 e. The molecule has 25 heavy (non-hydrogen) atoms. The summed E-state index contributed by atoms with van der Waals surface area (Å²) < 4.78 is 1.73. The molecular formula is C16H14Cl2N4OS2. The average Bonchev–Trinajstić information content (AvgIpc) is 2.98. The topological polar surface area (TPSA) is 59.3 Å². The van der Waals surface area contributed by atoms with Crippen LogP contribution >= 0.6 is 46.7 Å². The molecule has 130 valence electrons. The van der Waals surface area contributed by atoms with Gasteiger partial charge in [0.05, 0.1) is 15.7 Å². The summed E-state index contributed by atoms with van der Waals surface area (Å²) in [6.45, 7) is 0. The van der Waals surface area contributed by atoms with Gasteiger partial charge in [0.15, 0.2) is 10.8 Å². The zero-order valence-electron chi connectivity index (χ0n) is 13.2. The van der Waals surface area contributed by atoms with Crippen LogP contribution in [0.4, 0.5) is 5.69 Å². The fraction of sp³-hybridized carbons (Fsp3) is 0.188. The molecule has 0 saturated heterocycles. The zero-order chi connectivity index (χ0) is 17.8. The molecule has 0 aliphatic heterocycles. The van der Waals surface area contributed by atoms with Gasteiger partial charge in [0.25, 0.3) is 0 Å². The molecule has 0 atom stereocenters. The molecule has 1 N–H and O–H groups in total. The molecule has 9 heteroatoms. The van der Waals surface area contributed by atoms with Gasteiger partial charge in [-0.3, -0.25) is 9.20 Å². The minimum atomic E-state index is -0.0427. The van der Waals surface area contributed by atoms with Gasteiger partial charge in [0.1, 0.15) is 0 Å². The highest BCUT2D eigenvalue weighted by Gasteiger charge is 2.12. The van der Waals surface area contributed by atoms with Crippen molar-refractivity contribution < 1.29 is 4.79 Å². The van der Waals surface area contributed by atoms with Crippen LogP contribution < -0.4 is 5.32 Å². The Balaban J connectivity index is 1.60. The van der Waals surface area contributed by atoms with Gasteiger partial charge in [-0.15, -0.1) is 22.0 Å². The summed E-state index contributed by atoms with van der Waals surface area (Å²) in [5, 5.41) is 12.7. The van der Waals surface area contributed by atoms with E-state index in [1.807, 2.05) is 30.5 Å². The summed E-state index contributed by atoms with van der Waals surface area (Å²) in [6, 6.07) is 9.35. The molecule has 1 aromatic carbocycles. The Morgan fingerprint density at radius 3 is 2.88 bits per heavy atom. The fourth-order valence-corrected chi connectivity index (χ4v) is 4.11. The number of thioether (sulfide) groups is 2. The fourth-order valence-electron chi connectivity index (χ4n) is 2.20. The van der Waals surface area contributed by atoms with Crippen LogP contribution in [0.5, 0.6) is 0 Å². The largest absolute Gasteiger partial charge is 0.325 e. The number of halogens is 2. The van der Waals surface area contributed by atoms with Crippen molar-refractivity contribution in [3.8, 4) is 0 Å². The third-order valence-corrected chi connectivity index (χ3v) is 5.56. The number of carbonyl (C=O) groups is 1. The van der Waals surface area contributed by atoms with Crippen molar-refractivity contribution in [3.05, 3.63) is 46.6 Å². The Hall–Kier alpha value is -1.41. The van der Waals surface area contributed by atoms with Crippen LogP contribution in [0.2, 0.25) is 10.0 Å². The Kier molecular flexibility index (Phi) is 6.11.